The fraction of sp³-hybridized carbons (Fsp3) is 0. The number of anilines is 1. The third kappa shape index (κ3) is 1.14. The van der Waals surface area contributed by atoms with Crippen LogP contribution in [0, 0.1) is 5.82 Å². The van der Waals surface area contributed by atoms with Gasteiger partial charge in [0.15, 0.2) is 11.6 Å². The summed E-state index contributed by atoms with van der Waals surface area (Å²) in [4.78, 5) is 10.7. The van der Waals surface area contributed by atoms with E-state index in [-0.39, 0.29) is 11.8 Å². The first kappa shape index (κ1) is 8.84. The number of nitrogen functional groups attached to an aromatic ring is 1. The predicted molar refractivity (Wildman–Crippen MR) is 55.4 cm³/mol. The minimum atomic E-state index is -0.381. The molecule has 7 heteroatoms. The van der Waals surface area contributed by atoms with Gasteiger partial charge in [0, 0.05) is 11.6 Å². The molecule has 0 saturated carbocycles. The topological polar surface area (TPSA) is 85.4 Å². The van der Waals surface area contributed by atoms with E-state index >= 15 is 0 Å². The van der Waals surface area contributed by atoms with E-state index in [4.69, 9.17) is 5.73 Å². The maximum Gasteiger partial charge on any atom is 0.239 e. The first-order valence-electron chi connectivity index (χ1n) is 4.55. The number of hydrogen-bond acceptors (Lipinski definition) is 4. The highest BCUT2D eigenvalue weighted by Crippen LogP contribution is 2.20. The van der Waals surface area contributed by atoms with Crippen LogP contribution in [0.4, 0.5) is 10.3 Å². The van der Waals surface area contributed by atoms with Gasteiger partial charge in [-0.2, -0.15) is 4.68 Å². The zero-order valence-corrected chi connectivity index (χ0v) is 8.05. The summed E-state index contributed by atoms with van der Waals surface area (Å²) in [5, 5.41) is 4.38. The summed E-state index contributed by atoms with van der Waals surface area (Å²) in [5.74, 6) is 0.226. The van der Waals surface area contributed by atoms with Crippen molar-refractivity contribution in [1.29, 1.82) is 0 Å². The monoisotopic (exact) mass is 218 g/mol. The first-order chi connectivity index (χ1) is 7.75. The predicted octanol–water partition coefficient (Wildman–Crippen LogP) is 0.865. The molecule has 3 rings (SSSR count). The van der Waals surface area contributed by atoms with Crippen LogP contribution >= 0.6 is 0 Å². The van der Waals surface area contributed by atoms with E-state index in [0.29, 0.717) is 16.7 Å². The Hall–Kier alpha value is -2.44. The lowest BCUT2D eigenvalue weighted by Gasteiger charge is -2.01. The Morgan fingerprint density at radius 1 is 1.38 bits per heavy atom. The standard InChI is InChI=1S/C9H7FN6/c10-6-3-13-8(7-5(6)1-2-12-7)16-4-14-9(11)15-16/h1-4,12H,(H2,11,15). The minimum Gasteiger partial charge on any atom is -0.366 e. The van der Waals surface area contributed by atoms with Gasteiger partial charge in [-0.15, -0.1) is 5.10 Å². The summed E-state index contributed by atoms with van der Waals surface area (Å²) in [6, 6.07) is 1.64. The molecule has 6 nitrogen and oxygen atoms in total. The molecule has 0 aliphatic rings. The van der Waals surface area contributed by atoms with E-state index in [0.717, 1.165) is 6.20 Å². The van der Waals surface area contributed by atoms with E-state index in [1.807, 2.05) is 0 Å². The lowest BCUT2D eigenvalue weighted by atomic mass is 10.3. The molecule has 0 spiro atoms. The second-order valence-electron chi connectivity index (χ2n) is 3.24. The van der Waals surface area contributed by atoms with Gasteiger partial charge < -0.3 is 10.7 Å². The van der Waals surface area contributed by atoms with Crippen molar-refractivity contribution in [3.63, 3.8) is 0 Å². The minimum absolute atomic E-state index is 0.144. The van der Waals surface area contributed by atoms with Gasteiger partial charge in [0.05, 0.1) is 11.7 Å². The summed E-state index contributed by atoms with van der Waals surface area (Å²) in [5.41, 5.74) is 5.97. The molecule has 0 bridgehead atoms. The van der Waals surface area contributed by atoms with Crippen LogP contribution in [0.15, 0.2) is 24.8 Å². The van der Waals surface area contributed by atoms with Crippen LogP contribution in [0.3, 0.4) is 0 Å². The fourth-order valence-corrected chi connectivity index (χ4v) is 1.56. The molecule has 3 aromatic rings. The number of aromatic nitrogens is 5. The number of aromatic amines is 1. The molecule has 0 fully saturated rings. The smallest absolute Gasteiger partial charge is 0.239 e. The number of H-pyrrole nitrogens is 1. The molecule has 0 unspecified atom stereocenters. The number of nitrogens with one attached hydrogen (secondary N) is 1. The summed E-state index contributed by atoms with van der Waals surface area (Å²) in [7, 11) is 0. The number of halogens is 1. The van der Waals surface area contributed by atoms with Gasteiger partial charge in [-0.25, -0.2) is 14.4 Å². The molecule has 3 heterocycles. The van der Waals surface area contributed by atoms with Crippen molar-refractivity contribution >= 4 is 16.9 Å². The van der Waals surface area contributed by atoms with E-state index in [1.165, 1.54) is 11.0 Å². The number of rotatable bonds is 1. The quantitative estimate of drug-likeness (QED) is 0.634. The van der Waals surface area contributed by atoms with Gasteiger partial charge in [0.25, 0.3) is 0 Å². The lowest BCUT2D eigenvalue weighted by Crippen LogP contribution is -2.01. The Kier molecular flexibility index (Phi) is 1.67. The summed E-state index contributed by atoms with van der Waals surface area (Å²) >= 11 is 0. The second-order valence-corrected chi connectivity index (χ2v) is 3.24. The summed E-state index contributed by atoms with van der Waals surface area (Å²) in [6.45, 7) is 0. The van der Waals surface area contributed by atoms with Crippen LogP contribution in [0.2, 0.25) is 0 Å². The van der Waals surface area contributed by atoms with Crippen molar-refractivity contribution in [3.05, 3.63) is 30.6 Å². The number of hydrogen-bond donors (Lipinski definition) is 2. The number of nitrogens with two attached hydrogens (primary N) is 1. The van der Waals surface area contributed by atoms with E-state index < -0.39 is 0 Å². The third-order valence-electron chi connectivity index (χ3n) is 2.25. The zero-order valence-electron chi connectivity index (χ0n) is 8.05. The van der Waals surface area contributed by atoms with Crippen LogP contribution in [0.1, 0.15) is 0 Å². The largest absolute Gasteiger partial charge is 0.366 e. The fourth-order valence-electron chi connectivity index (χ4n) is 1.56. The van der Waals surface area contributed by atoms with Crippen LogP contribution in [-0.2, 0) is 0 Å². The molecule has 0 aliphatic carbocycles. The Labute approximate surface area is 88.9 Å². The van der Waals surface area contributed by atoms with Crippen LogP contribution in [0.5, 0.6) is 0 Å². The SMILES string of the molecule is Nc1ncn(-c2ncc(F)c3cc[nH]c23)n1. The Morgan fingerprint density at radius 2 is 2.25 bits per heavy atom. The molecule has 0 aromatic carbocycles. The van der Waals surface area contributed by atoms with Crippen molar-refractivity contribution in [2.24, 2.45) is 0 Å². The van der Waals surface area contributed by atoms with Crippen molar-refractivity contribution in [3.8, 4) is 5.82 Å². The van der Waals surface area contributed by atoms with Crippen molar-refractivity contribution in [2.45, 2.75) is 0 Å². The van der Waals surface area contributed by atoms with Gasteiger partial charge in [-0.05, 0) is 6.07 Å². The molecule has 3 aromatic heterocycles. The Bertz CT molecular complexity index is 655. The van der Waals surface area contributed by atoms with E-state index in [2.05, 4.69) is 20.1 Å². The first-order valence-corrected chi connectivity index (χ1v) is 4.55. The molecule has 16 heavy (non-hydrogen) atoms. The van der Waals surface area contributed by atoms with Crippen LogP contribution in [-0.4, -0.2) is 24.7 Å². The molecule has 3 N–H and O–H groups in total. The van der Waals surface area contributed by atoms with Crippen molar-refractivity contribution < 1.29 is 4.39 Å². The molecular formula is C9H7FN6. The molecule has 0 aliphatic heterocycles. The Balaban J connectivity index is 2.32. The highest BCUT2D eigenvalue weighted by atomic mass is 19.1. The highest BCUT2D eigenvalue weighted by molar-refractivity contribution is 5.85. The Morgan fingerprint density at radius 3 is 3.00 bits per heavy atom. The van der Waals surface area contributed by atoms with Gasteiger partial charge in [0.1, 0.15) is 6.33 Å². The third-order valence-corrected chi connectivity index (χ3v) is 2.25. The maximum absolute atomic E-state index is 13.4. The number of nitrogens with zero attached hydrogens (tertiary/aromatic N) is 4. The van der Waals surface area contributed by atoms with Gasteiger partial charge in [0.2, 0.25) is 5.95 Å². The van der Waals surface area contributed by atoms with Crippen molar-refractivity contribution in [1.82, 2.24) is 24.7 Å². The van der Waals surface area contributed by atoms with Crippen molar-refractivity contribution in [2.75, 3.05) is 5.73 Å². The molecule has 0 atom stereocenters. The molecular weight excluding hydrogens is 211 g/mol. The van der Waals surface area contributed by atoms with Gasteiger partial charge in [-0.3, -0.25) is 0 Å². The van der Waals surface area contributed by atoms with E-state index in [1.54, 1.807) is 12.3 Å². The normalized spacial score (nSPS) is 11.1. The lowest BCUT2D eigenvalue weighted by molar-refractivity contribution is 0.632. The van der Waals surface area contributed by atoms with E-state index in [9.17, 15) is 4.39 Å². The van der Waals surface area contributed by atoms with Gasteiger partial charge in [-0.1, -0.05) is 0 Å². The van der Waals surface area contributed by atoms with Crippen LogP contribution in [0.25, 0.3) is 16.7 Å². The average Bonchev–Trinajstić information content (AvgIpc) is 2.87. The average molecular weight is 218 g/mol. The second kappa shape index (κ2) is 3.02. The maximum atomic E-state index is 13.4. The highest BCUT2D eigenvalue weighted by Gasteiger charge is 2.10. The molecule has 80 valence electrons. The van der Waals surface area contributed by atoms with Crippen LogP contribution < -0.4 is 5.73 Å². The molecule has 0 radical (unpaired) electrons. The number of pyridine rings is 1. The summed E-state index contributed by atoms with van der Waals surface area (Å²) < 4.78 is 14.8. The molecule has 0 amide bonds. The summed E-state index contributed by atoms with van der Waals surface area (Å²) in [6.07, 6.45) is 4.21. The zero-order chi connectivity index (χ0) is 11.1. The molecule has 0 saturated heterocycles. The van der Waals surface area contributed by atoms with Gasteiger partial charge >= 0.3 is 0 Å². The number of fused-ring (bicyclic) bond motifs is 1.